The van der Waals surface area contributed by atoms with E-state index < -0.39 is 17.7 Å². The van der Waals surface area contributed by atoms with Crippen molar-refractivity contribution in [2.75, 3.05) is 51.3 Å². The summed E-state index contributed by atoms with van der Waals surface area (Å²) >= 11 is 0. The van der Waals surface area contributed by atoms with Crippen molar-refractivity contribution >= 4 is 17.6 Å². The Kier molecular flexibility index (Phi) is 9.45. The molecule has 0 saturated carbocycles. The van der Waals surface area contributed by atoms with Crippen LogP contribution in [0.2, 0.25) is 0 Å². The maximum Gasteiger partial charge on any atom is 0.322 e. The lowest BCUT2D eigenvalue weighted by Crippen LogP contribution is -2.48. The fourth-order valence-electron chi connectivity index (χ4n) is 4.17. The maximum absolute atomic E-state index is 13.7. The molecule has 0 bridgehead atoms. The van der Waals surface area contributed by atoms with E-state index in [2.05, 4.69) is 10.2 Å². The Hall–Kier alpha value is -3.76. The Bertz CT molecular complexity index is 1210. The molecule has 3 aromatic rings. The fourth-order valence-corrected chi connectivity index (χ4v) is 4.17. The molecule has 0 spiro atoms. The first-order chi connectivity index (χ1) is 18.4. The van der Waals surface area contributed by atoms with Crippen molar-refractivity contribution in [2.24, 2.45) is 0 Å². The molecule has 1 aliphatic heterocycles. The van der Waals surface area contributed by atoms with E-state index in [4.69, 9.17) is 9.15 Å². The first kappa shape index (κ1) is 27.3. The van der Waals surface area contributed by atoms with E-state index in [1.165, 1.54) is 11.0 Å². The summed E-state index contributed by atoms with van der Waals surface area (Å²) < 4.78 is 38.2. The van der Waals surface area contributed by atoms with Crippen LogP contribution in [0, 0.1) is 18.6 Å². The van der Waals surface area contributed by atoms with E-state index >= 15 is 0 Å². The number of urea groups is 1. The van der Waals surface area contributed by atoms with Gasteiger partial charge in [-0.15, -0.1) is 0 Å². The lowest BCUT2D eigenvalue weighted by Gasteiger charge is -2.31. The summed E-state index contributed by atoms with van der Waals surface area (Å²) in [5, 5.41) is 2.59. The van der Waals surface area contributed by atoms with Gasteiger partial charge in [0.25, 0.3) is 0 Å². The molecule has 4 rings (SSSR count). The second kappa shape index (κ2) is 13.2. The molecule has 38 heavy (non-hydrogen) atoms. The Balaban J connectivity index is 1.50. The van der Waals surface area contributed by atoms with E-state index in [0.717, 1.165) is 36.5 Å². The Labute approximate surface area is 220 Å². The lowest BCUT2D eigenvalue weighted by atomic mass is 10.2. The fraction of sp³-hybridized carbons (Fsp3) is 0.357. The van der Waals surface area contributed by atoms with Gasteiger partial charge in [-0.05, 0) is 36.8 Å². The number of amides is 3. The van der Waals surface area contributed by atoms with Crippen molar-refractivity contribution in [3.63, 3.8) is 0 Å². The van der Waals surface area contributed by atoms with Crippen molar-refractivity contribution in [1.29, 1.82) is 0 Å². The van der Waals surface area contributed by atoms with Crippen LogP contribution in [0.15, 0.2) is 65.1 Å². The van der Waals surface area contributed by atoms with Gasteiger partial charge in [-0.3, -0.25) is 9.69 Å². The van der Waals surface area contributed by atoms with Crippen LogP contribution in [-0.4, -0.2) is 72.6 Å². The van der Waals surface area contributed by atoms with Crippen molar-refractivity contribution in [3.05, 3.63) is 89.4 Å². The van der Waals surface area contributed by atoms with Crippen LogP contribution in [0.4, 0.5) is 19.3 Å². The molecule has 1 fully saturated rings. The standard InChI is InChI=1S/C28H32F2N4O4/c1-21-7-9-24(38-21)19-34(18-22-5-3-2-4-6-22)27(35)20-33(12-11-32-13-15-37-16-14-32)28(36)31-23-8-10-25(29)26(30)17-23/h2-10,17H,11-16,18-20H2,1H3,(H,31,36). The molecule has 2 heterocycles. The maximum atomic E-state index is 13.7. The van der Waals surface area contributed by atoms with E-state index in [1.54, 1.807) is 4.90 Å². The molecule has 0 radical (unpaired) electrons. The highest BCUT2D eigenvalue weighted by molar-refractivity contribution is 5.92. The van der Waals surface area contributed by atoms with Crippen molar-refractivity contribution < 1.29 is 27.5 Å². The van der Waals surface area contributed by atoms with Crippen LogP contribution < -0.4 is 5.32 Å². The number of aryl methyl sites for hydroxylation is 1. The molecule has 10 heteroatoms. The van der Waals surface area contributed by atoms with Gasteiger partial charge in [0, 0.05) is 44.5 Å². The zero-order chi connectivity index (χ0) is 26.9. The summed E-state index contributed by atoms with van der Waals surface area (Å²) in [4.78, 5) is 32.0. The summed E-state index contributed by atoms with van der Waals surface area (Å²) in [6.07, 6.45) is 0. The highest BCUT2D eigenvalue weighted by Crippen LogP contribution is 2.16. The number of furan rings is 1. The third-order valence-electron chi connectivity index (χ3n) is 6.29. The Morgan fingerprint density at radius 1 is 0.947 bits per heavy atom. The van der Waals surface area contributed by atoms with Crippen molar-refractivity contribution in [1.82, 2.24) is 14.7 Å². The third-order valence-corrected chi connectivity index (χ3v) is 6.29. The first-order valence-electron chi connectivity index (χ1n) is 12.6. The molecule has 2 aromatic carbocycles. The number of carbonyl (C=O) groups excluding carboxylic acids is 2. The topological polar surface area (TPSA) is 78.3 Å². The third kappa shape index (κ3) is 7.87. The average molecular weight is 527 g/mol. The molecule has 8 nitrogen and oxygen atoms in total. The number of anilines is 1. The number of benzene rings is 2. The predicted octanol–water partition coefficient (Wildman–Crippen LogP) is 4.26. The zero-order valence-corrected chi connectivity index (χ0v) is 21.4. The van der Waals surface area contributed by atoms with Gasteiger partial charge >= 0.3 is 6.03 Å². The number of ether oxygens (including phenoxy) is 1. The number of hydrogen-bond donors (Lipinski definition) is 1. The van der Waals surface area contributed by atoms with E-state index in [-0.39, 0.29) is 31.2 Å². The smallest absolute Gasteiger partial charge is 0.322 e. The molecule has 1 aliphatic rings. The van der Waals surface area contributed by atoms with Crippen LogP contribution in [0.5, 0.6) is 0 Å². The molecule has 202 valence electrons. The molecule has 1 saturated heterocycles. The summed E-state index contributed by atoms with van der Waals surface area (Å²) in [7, 11) is 0. The number of nitrogens with one attached hydrogen (secondary N) is 1. The largest absolute Gasteiger partial charge is 0.464 e. The number of morpholine rings is 1. The minimum atomic E-state index is -1.07. The summed E-state index contributed by atoms with van der Waals surface area (Å²) in [6, 6.07) is 15.8. The molecule has 3 amide bonds. The molecular formula is C28H32F2N4O4. The first-order valence-corrected chi connectivity index (χ1v) is 12.6. The second-order valence-corrected chi connectivity index (χ2v) is 9.18. The van der Waals surface area contributed by atoms with Crippen LogP contribution >= 0.6 is 0 Å². The molecule has 1 N–H and O–H groups in total. The Morgan fingerprint density at radius 3 is 2.39 bits per heavy atom. The summed E-state index contributed by atoms with van der Waals surface area (Å²) in [6.45, 7) is 5.68. The van der Waals surface area contributed by atoms with E-state index in [0.29, 0.717) is 32.1 Å². The van der Waals surface area contributed by atoms with Gasteiger partial charge in [0.15, 0.2) is 11.6 Å². The number of halogens is 2. The minimum Gasteiger partial charge on any atom is -0.464 e. The van der Waals surface area contributed by atoms with Crippen LogP contribution in [-0.2, 0) is 22.6 Å². The van der Waals surface area contributed by atoms with Gasteiger partial charge in [0.1, 0.15) is 18.1 Å². The van der Waals surface area contributed by atoms with E-state index in [9.17, 15) is 18.4 Å². The van der Waals surface area contributed by atoms with Gasteiger partial charge in [0.2, 0.25) is 5.91 Å². The Morgan fingerprint density at radius 2 is 1.71 bits per heavy atom. The monoisotopic (exact) mass is 526 g/mol. The van der Waals surface area contributed by atoms with Gasteiger partial charge < -0.3 is 24.3 Å². The number of hydrogen-bond acceptors (Lipinski definition) is 5. The molecule has 1 aromatic heterocycles. The van der Waals surface area contributed by atoms with Crippen molar-refractivity contribution in [2.45, 2.75) is 20.0 Å². The number of carbonyl (C=O) groups is 2. The number of rotatable bonds is 10. The van der Waals surface area contributed by atoms with Gasteiger partial charge in [0.05, 0.1) is 19.8 Å². The summed E-state index contributed by atoms with van der Waals surface area (Å²) in [5.74, 6) is -0.970. The number of nitrogens with zero attached hydrogens (tertiary/aromatic N) is 3. The lowest BCUT2D eigenvalue weighted by molar-refractivity contribution is -0.133. The molecule has 0 unspecified atom stereocenters. The van der Waals surface area contributed by atoms with E-state index in [1.807, 2.05) is 49.4 Å². The highest BCUT2D eigenvalue weighted by Gasteiger charge is 2.24. The quantitative estimate of drug-likeness (QED) is 0.427. The zero-order valence-electron chi connectivity index (χ0n) is 21.4. The average Bonchev–Trinajstić information content (AvgIpc) is 3.33. The minimum absolute atomic E-state index is 0.102. The summed E-state index contributed by atoms with van der Waals surface area (Å²) in [5.41, 5.74) is 1.04. The predicted molar refractivity (Wildman–Crippen MR) is 138 cm³/mol. The highest BCUT2D eigenvalue weighted by atomic mass is 19.2. The van der Waals surface area contributed by atoms with Crippen LogP contribution in [0.25, 0.3) is 0 Å². The van der Waals surface area contributed by atoms with Crippen molar-refractivity contribution in [3.8, 4) is 0 Å². The van der Waals surface area contributed by atoms with Gasteiger partial charge in [-0.25, -0.2) is 13.6 Å². The van der Waals surface area contributed by atoms with Crippen LogP contribution in [0.3, 0.4) is 0 Å². The SMILES string of the molecule is Cc1ccc(CN(Cc2ccccc2)C(=O)CN(CCN2CCOCC2)C(=O)Nc2ccc(F)c(F)c2)o1. The molecule has 0 atom stereocenters. The molecule has 0 aliphatic carbocycles. The van der Waals surface area contributed by atoms with Gasteiger partial charge in [-0.1, -0.05) is 30.3 Å². The second-order valence-electron chi connectivity index (χ2n) is 9.18. The van der Waals surface area contributed by atoms with Gasteiger partial charge in [-0.2, -0.15) is 0 Å². The van der Waals surface area contributed by atoms with Crippen LogP contribution in [0.1, 0.15) is 17.1 Å². The molecular weight excluding hydrogens is 494 g/mol. The normalized spacial score (nSPS) is 13.8.